The Labute approximate surface area is 173 Å². The predicted octanol–water partition coefficient (Wildman–Crippen LogP) is 6.17. The van der Waals surface area contributed by atoms with Gasteiger partial charge in [-0.15, -0.1) is 0 Å². The summed E-state index contributed by atoms with van der Waals surface area (Å²) in [5.74, 6) is -1.73. The van der Waals surface area contributed by atoms with Crippen LogP contribution in [0, 0.1) is 5.82 Å². The Bertz CT molecular complexity index is 1170. The van der Waals surface area contributed by atoms with Crippen LogP contribution >= 0.6 is 0 Å². The van der Waals surface area contributed by atoms with E-state index in [2.05, 4.69) is 16.7 Å². The van der Waals surface area contributed by atoms with Crippen LogP contribution in [-0.4, -0.2) is 21.2 Å². The maximum Gasteiger partial charge on any atom is 0.338 e. The zero-order valence-corrected chi connectivity index (χ0v) is 16.9. The third-order valence-corrected chi connectivity index (χ3v) is 4.54. The molecule has 30 heavy (non-hydrogen) atoms. The van der Waals surface area contributed by atoms with Crippen LogP contribution in [0.3, 0.4) is 0 Å². The van der Waals surface area contributed by atoms with Gasteiger partial charge in [0.2, 0.25) is 5.82 Å². The quantitative estimate of drug-likeness (QED) is 0.498. The van der Waals surface area contributed by atoms with Crippen LogP contribution in [0.1, 0.15) is 36.7 Å². The first-order valence-electron chi connectivity index (χ1n) is 9.29. The number of rotatable bonds is 6. The highest BCUT2D eigenvalue weighted by atomic mass is 19.1. The normalized spacial score (nSPS) is 12.1. The van der Waals surface area contributed by atoms with Gasteiger partial charge in [0.05, 0.1) is 5.56 Å². The summed E-state index contributed by atoms with van der Waals surface area (Å²) in [5.41, 5.74) is 4.80. The smallest absolute Gasteiger partial charge is 0.338 e. The molecule has 0 aliphatic heterocycles. The lowest BCUT2D eigenvalue weighted by Crippen LogP contribution is -2.00. The van der Waals surface area contributed by atoms with Gasteiger partial charge in [0.15, 0.2) is 0 Å². The number of carboxylic acids is 1. The summed E-state index contributed by atoms with van der Waals surface area (Å²) in [6.07, 6.45) is 4.02. The van der Waals surface area contributed by atoms with Gasteiger partial charge >= 0.3 is 5.97 Å². The first kappa shape index (κ1) is 20.9. The molecule has 1 aromatic heterocycles. The molecule has 0 saturated heterocycles. The number of nitrogens with zero attached hydrogens (tertiary/aromatic N) is 2. The molecule has 3 rings (SSSR count). The molecule has 0 saturated carbocycles. The van der Waals surface area contributed by atoms with Crippen LogP contribution in [0.4, 0.5) is 4.39 Å². The van der Waals surface area contributed by atoms with Crippen LogP contribution in [0.15, 0.2) is 76.9 Å². The molecule has 3 aromatic rings. The fraction of sp³-hybridized carbons (Fsp3) is 0.125. The summed E-state index contributed by atoms with van der Waals surface area (Å²) in [4.78, 5) is 15.3. The van der Waals surface area contributed by atoms with Crippen molar-refractivity contribution in [1.82, 2.24) is 10.1 Å². The van der Waals surface area contributed by atoms with Crippen molar-refractivity contribution >= 4 is 11.5 Å². The first-order valence-corrected chi connectivity index (χ1v) is 9.29. The van der Waals surface area contributed by atoms with Gasteiger partial charge in [-0.05, 0) is 67.8 Å². The molecule has 2 aromatic carbocycles. The second-order valence-corrected chi connectivity index (χ2v) is 6.84. The van der Waals surface area contributed by atoms with Gasteiger partial charge in [-0.2, -0.15) is 4.98 Å². The van der Waals surface area contributed by atoms with E-state index in [1.54, 1.807) is 0 Å². The van der Waals surface area contributed by atoms with Crippen molar-refractivity contribution in [2.75, 3.05) is 0 Å². The highest BCUT2D eigenvalue weighted by Gasteiger charge is 2.15. The van der Waals surface area contributed by atoms with Gasteiger partial charge in [0.25, 0.3) is 5.89 Å². The van der Waals surface area contributed by atoms with Crippen LogP contribution in [-0.2, 0) is 0 Å². The number of carboxylic acid groups (broad SMARTS) is 1. The molecule has 0 aliphatic carbocycles. The molecular weight excluding hydrogens is 383 g/mol. The Morgan fingerprint density at radius 1 is 1.13 bits per heavy atom. The fourth-order valence-corrected chi connectivity index (χ4v) is 3.21. The molecule has 1 N–H and O–H groups in total. The van der Waals surface area contributed by atoms with E-state index in [0.29, 0.717) is 11.1 Å². The summed E-state index contributed by atoms with van der Waals surface area (Å²) in [6.45, 7) is 10.1. The van der Waals surface area contributed by atoms with Crippen molar-refractivity contribution < 1.29 is 18.8 Å². The monoisotopic (exact) mass is 404 g/mol. The Hall–Kier alpha value is -3.80. The predicted molar refractivity (Wildman–Crippen MR) is 114 cm³/mol. The molecule has 1 heterocycles. The third-order valence-electron chi connectivity index (χ3n) is 4.54. The maximum atomic E-state index is 13.9. The number of carbonyl (C=O) groups is 1. The van der Waals surface area contributed by atoms with Crippen molar-refractivity contribution in [3.8, 4) is 22.8 Å². The van der Waals surface area contributed by atoms with E-state index >= 15 is 0 Å². The Balaban J connectivity index is 1.91. The average Bonchev–Trinajstić information content (AvgIpc) is 3.18. The number of benzene rings is 2. The van der Waals surface area contributed by atoms with Crippen molar-refractivity contribution in [2.45, 2.75) is 20.8 Å². The summed E-state index contributed by atoms with van der Waals surface area (Å²) in [5, 5.41) is 12.8. The number of aromatic carboxylic acids is 1. The Morgan fingerprint density at radius 3 is 2.37 bits per heavy atom. The molecule has 0 unspecified atom stereocenters. The minimum absolute atomic E-state index is 0.177. The third kappa shape index (κ3) is 4.27. The maximum absolute atomic E-state index is 13.9. The largest absolute Gasteiger partial charge is 0.478 e. The highest BCUT2D eigenvalue weighted by Crippen LogP contribution is 2.29. The van der Waals surface area contributed by atoms with E-state index in [0.717, 1.165) is 28.3 Å². The lowest BCUT2D eigenvalue weighted by Gasteiger charge is -2.11. The number of aromatic nitrogens is 2. The van der Waals surface area contributed by atoms with Gasteiger partial charge in [0.1, 0.15) is 5.82 Å². The molecule has 0 radical (unpaired) electrons. The fourth-order valence-electron chi connectivity index (χ4n) is 3.21. The number of halogens is 1. The Kier molecular flexibility index (Phi) is 6.06. The standard InChI is InChI=1S/C24H21FN2O3/c1-5-6-15(4)21(14(2)3)16-7-9-17(10-8-16)23-26-22(27-30-23)18-11-12-19(24(28)29)20(25)13-18/h5-13H,2H2,1,3-4H3,(H,28,29)/b6-5-,21-15+. The number of hydrogen-bond donors (Lipinski definition) is 1. The molecule has 0 bridgehead atoms. The number of allylic oxidation sites excluding steroid dienone is 5. The molecule has 152 valence electrons. The van der Waals surface area contributed by atoms with Crippen LogP contribution in [0.2, 0.25) is 0 Å². The van der Waals surface area contributed by atoms with Gasteiger partial charge in [-0.3, -0.25) is 0 Å². The van der Waals surface area contributed by atoms with Gasteiger partial charge in [-0.1, -0.05) is 41.6 Å². The number of hydrogen-bond acceptors (Lipinski definition) is 4. The SMILES string of the molecule is C=C(C)/C(=C(C)\C=C/C)c1ccc(-c2nc(-c3ccc(C(=O)O)c(F)c3)no2)cc1. The molecule has 0 atom stereocenters. The van der Waals surface area contributed by atoms with E-state index in [1.807, 2.05) is 57.2 Å². The minimum Gasteiger partial charge on any atom is -0.478 e. The average molecular weight is 404 g/mol. The summed E-state index contributed by atoms with van der Waals surface area (Å²) >= 11 is 0. The lowest BCUT2D eigenvalue weighted by molar-refractivity contribution is 0.0692. The van der Waals surface area contributed by atoms with Gasteiger partial charge in [0, 0.05) is 11.1 Å². The molecular formula is C24H21FN2O3. The van der Waals surface area contributed by atoms with Crippen LogP contribution in [0.25, 0.3) is 28.4 Å². The van der Waals surface area contributed by atoms with Gasteiger partial charge in [-0.25, -0.2) is 9.18 Å². The molecule has 5 nitrogen and oxygen atoms in total. The first-order chi connectivity index (χ1) is 14.3. The van der Waals surface area contributed by atoms with E-state index in [1.165, 1.54) is 12.1 Å². The topological polar surface area (TPSA) is 76.2 Å². The van der Waals surface area contributed by atoms with Crippen molar-refractivity contribution in [1.29, 1.82) is 0 Å². The second kappa shape index (κ2) is 8.69. The van der Waals surface area contributed by atoms with Crippen molar-refractivity contribution in [3.63, 3.8) is 0 Å². The van der Waals surface area contributed by atoms with Gasteiger partial charge < -0.3 is 9.63 Å². The highest BCUT2D eigenvalue weighted by molar-refractivity contribution is 5.88. The van der Waals surface area contributed by atoms with Crippen molar-refractivity contribution in [3.05, 3.63) is 89.3 Å². The summed E-state index contributed by atoms with van der Waals surface area (Å²) in [7, 11) is 0. The molecule has 0 aliphatic rings. The zero-order chi connectivity index (χ0) is 21.8. The van der Waals surface area contributed by atoms with Crippen LogP contribution in [0.5, 0.6) is 0 Å². The molecule has 6 heteroatoms. The van der Waals surface area contributed by atoms with E-state index in [9.17, 15) is 9.18 Å². The second-order valence-electron chi connectivity index (χ2n) is 6.84. The molecule has 0 amide bonds. The molecule has 0 spiro atoms. The zero-order valence-electron chi connectivity index (χ0n) is 16.9. The minimum atomic E-state index is -1.33. The van der Waals surface area contributed by atoms with Crippen LogP contribution < -0.4 is 0 Å². The summed E-state index contributed by atoms with van der Waals surface area (Å²) < 4.78 is 19.3. The van der Waals surface area contributed by atoms with E-state index in [-0.39, 0.29) is 11.7 Å². The van der Waals surface area contributed by atoms with E-state index in [4.69, 9.17) is 9.63 Å². The Morgan fingerprint density at radius 2 is 1.80 bits per heavy atom. The summed E-state index contributed by atoms with van der Waals surface area (Å²) in [6, 6.07) is 11.3. The van der Waals surface area contributed by atoms with E-state index < -0.39 is 17.3 Å². The molecule has 0 fully saturated rings. The van der Waals surface area contributed by atoms with Crippen molar-refractivity contribution in [2.24, 2.45) is 0 Å². The lowest BCUT2D eigenvalue weighted by atomic mass is 9.94.